The van der Waals surface area contributed by atoms with Crippen molar-refractivity contribution in [2.45, 2.75) is 92.1 Å². The molecule has 3 aliphatic rings. The summed E-state index contributed by atoms with van der Waals surface area (Å²) in [7, 11) is -4.27. The van der Waals surface area contributed by atoms with Gasteiger partial charge in [-0.2, -0.15) is 8.42 Å². The van der Waals surface area contributed by atoms with Crippen molar-refractivity contribution >= 4 is 10.1 Å². The van der Waals surface area contributed by atoms with Crippen LogP contribution in [-0.4, -0.2) is 178 Å². The largest absolute Gasteiger partial charge is 0.394 e. The summed E-state index contributed by atoms with van der Waals surface area (Å²) in [6.07, 6.45) is -26.0. The van der Waals surface area contributed by atoms with Crippen LogP contribution >= 0.6 is 0 Å². The lowest BCUT2D eigenvalue weighted by Gasteiger charge is -2.48. The maximum atomic E-state index is 11.7. The number of aliphatic hydroxyl groups is 10. The van der Waals surface area contributed by atoms with Gasteiger partial charge < -0.3 is 74.7 Å². The Morgan fingerprint density at radius 2 is 1.03 bits per heavy atom. The van der Waals surface area contributed by atoms with Crippen molar-refractivity contribution in [3.8, 4) is 0 Å². The molecular formula is C19H34O18S. The van der Waals surface area contributed by atoms with Gasteiger partial charge in [-0.3, -0.25) is 4.18 Å². The molecule has 18 nitrogen and oxygen atoms in total. The molecule has 3 fully saturated rings. The molecule has 0 amide bonds. The van der Waals surface area contributed by atoms with E-state index in [1.165, 1.54) is 0 Å². The van der Waals surface area contributed by atoms with E-state index in [0.717, 1.165) is 0 Å². The predicted molar refractivity (Wildman–Crippen MR) is 115 cm³/mol. The summed E-state index contributed by atoms with van der Waals surface area (Å²) in [5.74, 6) is 0. The summed E-state index contributed by atoms with van der Waals surface area (Å²) in [6.45, 7) is -2.54. The van der Waals surface area contributed by atoms with Crippen molar-refractivity contribution in [1.29, 1.82) is 0 Å². The standard InChI is InChI=1S/C19H34O18S/c1-38(30,31)37-16-9(24)8(23)5(2-20)33-19(16)36-15-7(4-22)34-18(13(28)11(15)26)35-14-6(3-21)32-17(29)12(27)10(14)25/h5-29H,2-4H2,1H3/t5-,6-,7-,8-,9+,10-,11-,12-,13-,14-,15-,16-,17+,18-,19-/m1/s1. The van der Waals surface area contributed by atoms with Crippen molar-refractivity contribution in [2.24, 2.45) is 0 Å². The topological polar surface area (TPSA) is 292 Å². The van der Waals surface area contributed by atoms with E-state index < -0.39 is 122 Å². The maximum absolute atomic E-state index is 11.7. The first-order valence-electron chi connectivity index (χ1n) is 11.5. The van der Waals surface area contributed by atoms with Crippen LogP contribution in [0.15, 0.2) is 0 Å². The molecule has 224 valence electrons. The number of rotatable bonds is 9. The van der Waals surface area contributed by atoms with Crippen LogP contribution in [0.4, 0.5) is 0 Å². The molecule has 3 rings (SSSR count). The summed E-state index contributed by atoms with van der Waals surface area (Å²) < 4.78 is 54.8. The highest BCUT2D eigenvalue weighted by molar-refractivity contribution is 7.86. The SMILES string of the molecule is CS(=O)(=O)O[C@H]1[C@@H](O[C@H]2[C@H](O)[C@@H](O)[C@@H](O[C@H]3[C@H](O)[C@@H](O)[C@@H](O)O[C@@H]3CO)O[C@@H]2CO)O[C@H](CO)[C@@H](O)[C@@H]1O. The van der Waals surface area contributed by atoms with E-state index in [4.69, 9.17) is 27.9 Å². The second-order valence-electron chi connectivity index (χ2n) is 9.11. The minimum atomic E-state index is -4.27. The minimum absolute atomic E-state index is 0.640. The molecule has 0 aromatic rings. The normalized spacial score (nSPS) is 48.7. The highest BCUT2D eigenvalue weighted by Crippen LogP contribution is 2.33. The molecule has 19 heteroatoms. The average molecular weight is 583 g/mol. The molecule has 3 saturated heterocycles. The Hall–Kier alpha value is -0.690. The van der Waals surface area contributed by atoms with Crippen molar-refractivity contribution in [3.63, 3.8) is 0 Å². The van der Waals surface area contributed by atoms with Crippen molar-refractivity contribution in [1.82, 2.24) is 0 Å². The van der Waals surface area contributed by atoms with Crippen LogP contribution in [0, 0.1) is 0 Å². The fraction of sp³-hybridized carbons (Fsp3) is 1.00. The first kappa shape index (κ1) is 31.8. The molecule has 3 aliphatic heterocycles. The summed E-state index contributed by atoms with van der Waals surface area (Å²) in [4.78, 5) is 0. The van der Waals surface area contributed by atoms with Gasteiger partial charge in [-0.05, 0) is 0 Å². The molecule has 0 radical (unpaired) electrons. The maximum Gasteiger partial charge on any atom is 0.264 e. The Balaban J connectivity index is 1.79. The second-order valence-corrected chi connectivity index (χ2v) is 10.7. The van der Waals surface area contributed by atoms with Crippen LogP contribution in [0.1, 0.15) is 0 Å². The molecule has 0 bridgehead atoms. The van der Waals surface area contributed by atoms with Crippen molar-refractivity contribution in [2.75, 3.05) is 26.1 Å². The highest BCUT2D eigenvalue weighted by Gasteiger charge is 2.54. The third-order valence-electron chi connectivity index (χ3n) is 6.35. The molecule has 3 heterocycles. The summed E-state index contributed by atoms with van der Waals surface area (Å²) in [6, 6.07) is 0. The first-order chi connectivity index (χ1) is 17.7. The van der Waals surface area contributed by atoms with E-state index in [1.54, 1.807) is 0 Å². The van der Waals surface area contributed by atoms with Gasteiger partial charge in [-0.25, -0.2) is 0 Å². The molecule has 10 N–H and O–H groups in total. The fourth-order valence-corrected chi connectivity index (χ4v) is 4.96. The van der Waals surface area contributed by atoms with E-state index >= 15 is 0 Å². The van der Waals surface area contributed by atoms with Gasteiger partial charge in [0.05, 0.1) is 26.1 Å². The molecule has 0 spiro atoms. The highest BCUT2D eigenvalue weighted by atomic mass is 32.2. The molecular weight excluding hydrogens is 548 g/mol. The monoisotopic (exact) mass is 582 g/mol. The number of hydrogen-bond acceptors (Lipinski definition) is 18. The molecule has 0 aliphatic carbocycles. The van der Waals surface area contributed by atoms with Crippen LogP contribution in [0.3, 0.4) is 0 Å². The zero-order valence-electron chi connectivity index (χ0n) is 19.9. The summed E-state index contributed by atoms with van der Waals surface area (Å²) in [5.41, 5.74) is 0. The molecule has 0 unspecified atom stereocenters. The Kier molecular flexibility index (Phi) is 10.8. The molecule has 38 heavy (non-hydrogen) atoms. The number of ether oxygens (including phenoxy) is 5. The van der Waals surface area contributed by atoms with E-state index in [9.17, 15) is 59.5 Å². The molecule has 0 saturated carbocycles. The number of aliphatic hydroxyl groups excluding tert-OH is 10. The molecule has 0 aromatic heterocycles. The third-order valence-corrected chi connectivity index (χ3v) is 6.92. The van der Waals surface area contributed by atoms with Gasteiger partial charge in [0.2, 0.25) is 0 Å². The smallest absolute Gasteiger partial charge is 0.264 e. The van der Waals surface area contributed by atoms with Gasteiger partial charge in [0.1, 0.15) is 67.1 Å². The Morgan fingerprint density at radius 3 is 1.55 bits per heavy atom. The van der Waals surface area contributed by atoms with Gasteiger partial charge in [-0.1, -0.05) is 0 Å². The summed E-state index contributed by atoms with van der Waals surface area (Å²) in [5, 5.41) is 100. The summed E-state index contributed by atoms with van der Waals surface area (Å²) >= 11 is 0. The van der Waals surface area contributed by atoms with Crippen LogP contribution in [0.2, 0.25) is 0 Å². The van der Waals surface area contributed by atoms with Gasteiger partial charge in [0.15, 0.2) is 25.0 Å². The lowest BCUT2D eigenvalue weighted by atomic mass is 9.96. The van der Waals surface area contributed by atoms with E-state index in [1.807, 2.05) is 0 Å². The predicted octanol–water partition coefficient (Wildman–Crippen LogP) is -7.59. The second kappa shape index (κ2) is 12.9. The van der Waals surface area contributed by atoms with E-state index in [2.05, 4.69) is 0 Å². The molecule has 15 atom stereocenters. The lowest BCUT2D eigenvalue weighted by molar-refractivity contribution is -0.376. The van der Waals surface area contributed by atoms with Crippen LogP contribution in [-0.2, 0) is 38.0 Å². The van der Waals surface area contributed by atoms with Gasteiger partial charge >= 0.3 is 0 Å². The fourth-order valence-electron chi connectivity index (χ4n) is 4.35. The quantitative estimate of drug-likeness (QED) is 0.113. The van der Waals surface area contributed by atoms with Gasteiger partial charge in [0, 0.05) is 0 Å². The first-order valence-corrected chi connectivity index (χ1v) is 13.3. The third kappa shape index (κ3) is 6.78. The van der Waals surface area contributed by atoms with Crippen molar-refractivity contribution in [3.05, 3.63) is 0 Å². The zero-order valence-corrected chi connectivity index (χ0v) is 20.7. The minimum Gasteiger partial charge on any atom is -0.394 e. The van der Waals surface area contributed by atoms with E-state index in [-0.39, 0.29) is 0 Å². The molecule has 0 aromatic carbocycles. The van der Waals surface area contributed by atoms with Crippen LogP contribution < -0.4 is 0 Å². The van der Waals surface area contributed by atoms with Gasteiger partial charge in [0.25, 0.3) is 10.1 Å². The van der Waals surface area contributed by atoms with E-state index in [0.29, 0.717) is 6.26 Å². The van der Waals surface area contributed by atoms with Crippen LogP contribution in [0.25, 0.3) is 0 Å². The van der Waals surface area contributed by atoms with Crippen LogP contribution in [0.5, 0.6) is 0 Å². The average Bonchev–Trinajstić information content (AvgIpc) is 2.86. The number of hydrogen-bond donors (Lipinski definition) is 10. The zero-order chi connectivity index (χ0) is 28.5. The van der Waals surface area contributed by atoms with Gasteiger partial charge in [-0.15, -0.1) is 0 Å². The van der Waals surface area contributed by atoms with Crippen molar-refractivity contribution < 1.29 is 87.4 Å². The Morgan fingerprint density at radius 1 is 0.579 bits per heavy atom. The Labute approximate surface area is 216 Å². The lowest BCUT2D eigenvalue weighted by Crippen LogP contribution is -2.66. The Bertz CT molecular complexity index is 857.